The highest BCUT2D eigenvalue weighted by Crippen LogP contribution is 2.32. The molecule has 0 bridgehead atoms. The standard InChI is InChI=1S/C29H28Cl2N4O5S/c1-19-15-21(20(2)35(19)22-9-14-25(30)26(31)16-22)17-32-33-29(36)18-34(27-7-5-6-8-28(27)40-4)41(37,38)24-12-10-23(39-3)11-13-24/h5-17H,18H2,1-4H3,(H,33,36)/b32-17-. The predicted octanol–water partition coefficient (Wildman–Crippen LogP) is 5.76. The first-order valence-electron chi connectivity index (χ1n) is 12.3. The topological polar surface area (TPSA) is 102 Å². The Kier molecular flexibility index (Phi) is 9.27. The van der Waals surface area contributed by atoms with Crippen molar-refractivity contribution < 1.29 is 22.7 Å². The van der Waals surface area contributed by atoms with Crippen molar-refractivity contribution in [3.05, 3.63) is 99.8 Å². The lowest BCUT2D eigenvalue weighted by molar-refractivity contribution is -0.119. The first-order chi connectivity index (χ1) is 19.6. The fourth-order valence-corrected chi connectivity index (χ4v) is 6.01. The van der Waals surface area contributed by atoms with E-state index in [-0.39, 0.29) is 16.3 Å². The molecule has 3 aromatic carbocycles. The highest BCUT2D eigenvalue weighted by molar-refractivity contribution is 7.92. The van der Waals surface area contributed by atoms with Gasteiger partial charge in [0.1, 0.15) is 18.0 Å². The number of nitrogens with one attached hydrogen (secondary N) is 1. The number of aromatic nitrogens is 1. The van der Waals surface area contributed by atoms with Crippen LogP contribution in [0, 0.1) is 13.8 Å². The largest absolute Gasteiger partial charge is 0.497 e. The fraction of sp³-hybridized carbons (Fsp3) is 0.172. The van der Waals surface area contributed by atoms with Gasteiger partial charge in [-0.25, -0.2) is 13.8 Å². The Morgan fingerprint density at radius 3 is 2.34 bits per heavy atom. The third-order valence-corrected chi connectivity index (χ3v) is 8.83. The van der Waals surface area contributed by atoms with Crippen LogP contribution < -0.4 is 19.2 Å². The number of methoxy groups -OCH3 is 2. The zero-order chi connectivity index (χ0) is 29.7. The van der Waals surface area contributed by atoms with Gasteiger partial charge in [0.2, 0.25) is 0 Å². The van der Waals surface area contributed by atoms with Crippen molar-refractivity contribution in [2.24, 2.45) is 5.10 Å². The Morgan fingerprint density at radius 1 is 0.976 bits per heavy atom. The lowest BCUT2D eigenvalue weighted by atomic mass is 10.2. The summed E-state index contributed by atoms with van der Waals surface area (Å²) in [5, 5.41) is 4.99. The molecule has 1 N–H and O–H groups in total. The van der Waals surface area contributed by atoms with Crippen LogP contribution in [0.15, 0.2) is 82.8 Å². The van der Waals surface area contributed by atoms with Crippen LogP contribution in [0.2, 0.25) is 10.0 Å². The zero-order valence-corrected chi connectivity index (χ0v) is 25.1. The summed E-state index contributed by atoms with van der Waals surface area (Å²) in [4.78, 5) is 13.0. The van der Waals surface area contributed by atoms with E-state index < -0.39 is 22.5 Å². The van der Waals surface area contributed by atoms with E-state index in [0.29, 0.717) is 15.8 Å². The number of nitrogens with zero attached hydrogens (tertiary/aromatic N) is 3. The van der Waals surface area contributed by atoms with Gasteiger partial charge in [0.25, 0.3) is 15.9 Å². The first kappa shape index (κ1) is 30.0. The van der Waals surface area contributed by atoms with Crippen LogP contribution in [0.3, 0.4) is 0 Å². The maximum absolute atomic E-state index is 13.7. The van der Waals surface area contributed by atoms with Crippen LogP contribution >= 0.6 is 23.2 Å². The number of hydrazone groups is 1. The number of sulfonamides is 1. The number of para-hydroxylation sites is 2. The van der Waals surface area contributed by atoms with E-state index in [1.165, 1.54) is 44.7 Å². The number of halogens is 2. The fourth-order valence-electron chi connectivity index (χ4n) is 4.29. The third-order valence-electron chi connectivity index (χ3n) is 6.31. The molecule has 1 aromatic heterocycles. The van der Waals surface area contributed by atoms with E-state index in [1.807, 2.05) is 30.5 Å². The lowest BCUT2D eigenvalue weighted by Gasteiger charge is -2.25. The van der Waals surface area contributed by atoms with Gasteiger partial charge in [0, 0.05) is 22.6 Å². The van der Waals surface area contributed by atoms with E-state index >= 15 is 0 Å². The molecule has 9 nitrogen and oxygen atoms in total. The average Bonchev–Trinajstić information content (AvgIpc) is 3.25. The molecule has 0 aliphatic carbocycles. The molecule has 4 aromatic rings. The molecular weight excluding hydrogens is 587 g/mol. The molecule has 0 fully saturated rings. The maximum Gasteiger partial charge on any atom is 0.264 e. The molecule has 0 aliphatic heterocycles. The van der Waals surface area contributed by atoms with Crippen molar-refractivity contribution in [1.82, 2.24) is 9.99 Å². The first-order valence-corrected chi connectivity index (χ1v) is 14.5. The zero-order valence-electron chi connectivity index (χ0n) is 22.8. The molecule has 4 rings (SSSR count). The van der Waals surface area contributed by atoms with Gasteiger partial charge in [-0.15, -0.1) is 0 Å². The molecule has 1 heterocycles. The van der Waals surface area contributed by atoms with Gasteiger partial charge >= 0.3 is 0 Å². The monoisotopic (exact) mass is 614 g/mol. The van der Waals surface area contributed by atoms with Crippen molar-refractivity contribution >= 4 is 51.0 Å². The van der Waals surface area contributed by atoms with Crippen LogP contribution in [0.1, 0.15) is 17.0 Å². The van der Waals surface area contributed by atoms with Crippen LogP contribution in [0.4, 0.5) is 5.69 Å². The molecule has 0 atom stereocenters. The van der Waals surface area contributed by atoms with Crippen molar-refractivity contribution in [2.75, 3.05) is 25.1 Å². The Labute approximate surface area is 249 Å². The van der Waals surface area contributed by atoms with Gasteiger partial charge in [0.15, 0.2) is 0 Å². The number of carbonyl (C=O) groups is 1. The highest BCUT2D eigenvalue weighted by Gasteiger charge is 2.29. The van der Waals surface area contributed by atoms with Crippen LogP contribution in [-0.4, -0.2) is 45.9 Å². The Morgan fingerprint density at radius 2 is 1.68 bits per heavy atom. The SMILES string of the molecule is COc1ccc(S(=O)(=O)N(CC(=O)N/N=C\c2cc(C)n(-c3ccc(Cl)c(Cl)c3)c2C)c2ccccc2OC)cc1. The normalized spacial score (nSPS) is 11.5. The van der Waals surface area contributed by atoms with Crippen molar-refractivity contribution in [1.29, 1.82) is 0 Å². The van der Waals surface area contributed by atoms with Crippen molar-refractivity contribution in [2.45, 2.75) is 18.7 Å². The number of hydrogen-bond donors (Lipinski definition) is 1. The molecule has 0 saturated carbocycles. The number of hydrogen-bond acceptors (Lipinski definition) is 6. The summed E-state index contributed by atoms with van der Waals surface area (Å²) < 4.78 is 40.9. The maximum atomic E-state index is 13.7. The number of aryl methyl sites for hydroxylation is 1. The number of amides is 1. The number of anilines is 1. The second-order valence-electron chi connectivity index (χ2n) is 8.91. The van der Waals surface area contributed by atoms with Crippen molar-refractivity contribution in [3.63, 3.8) is 0 Å². The summed E-state index contributed by atoms with van der Waals surface area (Å²) in [6.07, 6.45) is 1.50. The second kappa shape index (κ2) is 12.7. The third kappa shape index (κ3) is 6.51. The molecule has 41 heavy (non-hydrogen) atoms. The number of rotatable bonds is 10. The minimum atomic E-state index is -4.17. The number of carbonyl (C=O) groups excluding carboxylic acids is 1. The summed E-state index contributed by atoms with van der Waals surface area (Å²) in [6.45, 7) is 3.29. The molecule has 0 radical (unpaired) electrons. The molecule has 0 saturated heterocycles. The second-order valence-corrected chi connectivity index (χ2v) is 11.6. The average molecular weight is 616 g/mol. The number of ether oxygens (including phenoxy) is 2. The predicted molar refractivity (Wildman–Crippen MR) is 162 cm³/mol. The minimum Gasteiger partial charge on any atom is -0.497 e. The van der Waals surface area contributed by atoms with Gasteiger partial charge in [0.05, 0.1) is 41.1 Å². The summed E-state index contributed by atoms with van der Waals surface area (Å²) in [5.74, 6) is 0.136. The van der Waals surface area contributed by atoms with Gasteiger partial charge in [-0.05, 0) is 74.5 Å². The highest BCUT2D eigenvalue weighted by atomic mass is 35.5. The van der Waals surface area contributed by atoms with E-state index in [4.69, 9.17) is 32.7 Å². The minimum absolute atomic E-state index is 0.0183. The molecule has 12 heteroatoms. The Hall–Kier alpha value is -3.99. The van der Waals surface area contributed by atoms with E-state index in [1.54, 1.807) is 36.4 Å². The smallest absolute Gasteiger partial charge is 0.264 e. The van der Waals surface area contributed by atoms with Gasteiger partial charge < -0.3 is 14.0 Å². The van der Waals surface area contributed by atoms with Crippen LogP contribution in [0.5, 0.6) is 11.5 Å². The molecule has 0 aliphatic rings. The number of benzene rings is 3. The lowest BCUT2D eigenvalue weighted by Crippen LogP contribution is -2.39. The Bertz CT molecular complexity index is 1700. The van der Waals surface area contributed by atoms with Crippen molar-refractivity contribution in [3.8, 4) is 17.2 Å². The molecule has 1 amide bonds. The van der Waals surface area contributed by atoms with Gasteiger partial charge in [-0.1, -0.05) is 35.3 Å². The summed E-state index contributed by atoms with van der Waals surface area (Å²) in [6, 6.07) is 19.7. The van der Waals surface area contributed by atoms with E-state index in [0.717, 1.165) is 26.9 Å². The van der Waals surface area contributed by atoms with Gasteiger partial charge in [-0.3, -0.25) is 9.10 Å². The molecule has 0 spiro atoms. The molecule has 214 valence electrons. The summed E-state index contributed by atoms with van der Waals surface area (Å²) >= 11 is 12.3. The quantitative estimate of drug-likeness (QED) is 0.181. The summed E-state index contributed by atoms with van der Waals surface area (Å²) in [7, 11) is -1.26. The van der Waals surface area contributed by atoms with Crippen LogP contribution in [-0.2, 0) is 14.8 Å². The molecular formula is C29H28Cl2N4O5S. The van der Waals surface area contributed by atoms with E-state index in [2.05, 4.69) is 10.5 Å². The Balaban J connectivity index is 1.58. The van der Waals surface area contributed by atoms with Gasteiger partial charge in [-0.2, -0.15) is 5.10 Å². The van der Waals surface area contributed by atoms with E-state index in [9.17, 15) is 13.2 Å². The van der Waals surface area contributed by atoms with Crippen LogP contribution in [0.25, 0.3) is 5.69 Å². The molecule has 0 unspecified atom stereocenters. The summed E-state index contributed by atoms with van der Waals surface area (Å²) in [5.41, 5.74) is 6.00.